The number of nitrogens with zero attached hydrogens (tertiary/aromatic N) is 1. The van der Waals surface area contributed by atoms with Crippen molar-refractivity contribution >= 4 is 27.8 Å². The molecule has 0 spiro atoms. The van der Waals surface area contributed by atoms with Gasteiger partial charge in [0.25, 0.3) is 0 Å². The Morgan fingerprint density at radius 3 is 1.40 bits per heavy atom. The molecule has 1 aliphatic rings. The Labute approximate surface area is 247 Å². The van der Waals surface area contributed by atoms with E-state index in [0.717, 1.165) is 23.5 Å². The second-order valence-corrected chi connectivity index (χ2v) is 11.0. The fourth-order valence-corrected chi connectivity index (χ4v) is 6.30. The van der Waals surface area contributed by atoms with E-state index in [-0.39, 0.29) is 0 Å². The van der Waals surface area contributed by atoms with Crippen LogP contribution in [0.5, 0.6) is 0 Å². The molecule has 0 saturated carbocycles. The maximum Gasteiger partial charge on any atom is 0.0462 e. The van der Waals surface area contributed by atoms with Crippen LogP contribution in [0.2, 0.25) is 0 Å². The van der Waals surface area contributed by atoms with E-state index in [1.165, 1.54) is 55.3 Å². The Bertz CT molecular complexity index is 2000. The Morgan fingerprint density at radius 2 is 0.786 bits per heavy atom. The molecule has 42 heavy (non-hydrogen) atoms. The fraction of sp³-hybridized carbons (Fsp3) is 0.0244. The van der Waals surface area contributed by atoms with Crippen molar-refractivity contribution in [1.82, 2.24) is 0 Å². The minimum absolute atomic E-state index is 0.991. The van der Waals surface area contributed by atoms with Crippen molar-refractivity contribution in [2.24, 2.45) is 0 Å². The molecule has 0 atom stereocenters. The molecule has 0 fully saturated rings. The number of hydrogen-bond acceptors (Lipinski definition) is 1. The summed E-state index contributed by atoms with van der Waals surface area (Å²) in [5.74, 6) is 0. The van der Waals surface area contributed by atoms with Gasteiger partial charge < -0.3 is 4.90 Å². The standard InChI is InChI=1S/C41H29N/c1-3-11-37(12-4-1)42(38-13-5-2-6-14-38)39-23-21-30(22-24-39)33-17-19-35-26-36-20-18-34(28-41(36)40(35)27-33)32-16-15-29-9-7-8-10-31(29)25-32/h1-25,27-28H,26H2. The van der Waals surface area contributed by atoms with E-state index >= 15 is 0 Å². The van der Waals surface area contributed by atoms with Gasteiger partial charge in [0.1, 0.15) is 0 Å². The van der Waals surface area contributed by atoms with Crippen LogP contribution in [-0.2, 0) is 6.42 Å². The average Bonchev–Trinajstić information content (AvgIpc) is 3.43. The quantitative estimate of drug-likeness (QED) is 0.212. The smallest absolute Gasteiger partial charge is 0.0462 e. The molecule has 1 nitrogen and oxygen atoms in total. The van der Waals surface area contributed by atoms with E-state index in [1.807, 2.05) is 0 Å². The van der Waals surface area contributed by atoms with Gasteiger partial charge in [0, 0.05) is 17.1 Å². The van der Waals surface area contributed by atoms with Crippen LogP contribution < -0.4 is 4.90 Å². The van der Waals surface area contributed by atoms with Crippen molar-refractivity contribution in [2.45, 2.75) is 6.42 Å². The molecule has 0 heterocycles. The van der Waals surface area contributed by atoms with Crippen LogP contribution in [0, 0.1) is 0 Å². The van der Waals surface area contributed by atoms with E-state index in [4.69, 9.17) is 0 Å². The largest absolute Gasteiger partial charge is 0.311 e. The van der Waals surface area contributed by atoms with E-state index < -0.39 is 0 Å². The molecule has 198 valence electrons. The highest BCUT2D eigenvalue weighted by Crippen LogP contribution is 2.42. The van der Waals surface area contributed by atoms with E-state index in [2.05, 4.69) is 169 Å². The van der Waals surface area contributed by atoms with Crippen LogP contribution in [-0.4, -0.2) is 0 Å². The van der Waals surface area contributed by atoms with Gasteiger partial charge in [-0.15, -0.1) is 0 Å². The van der Waals surface area contributed by atoms with Gasteiger partial charge in [-0.25, -0.2) is 0 Å². The minimum atomic E-state index is 0.991. The van der Waals surface area contributed by atoms with Crippen LogP contribution >= 0.6 is 0 Å². The normalized spacial score (nSPS) is 11.7. The van der Waals surface area contributed by atoms with Crippen molar-refractivity contribution in [3.63, 3.8) is 0 Å². The summed E-state index contributed by atoms with van der Waals surface area (Å²) >= 11 is 0. The molecule has 0 amide bonds. The molecule has 8 rings (SSSR count). The van der Waals surface area contributed by atoms with Crippen LogP contribution in [0.4, 0.5) is 17.1 Å². The number of fused-ring (bicyclic) bond motifs is 4. The molecule has 7 aromatic rings. The summed E-state index contributed by atoms with van der Waals surface area (Å²) in [5.41, 5.74) is 13.9. The van der Waals surface area contributed by atoms with Crippen LogP contribution in [0.3, 0.4) is 0 Å². The van der Waals surface area contributed by atoms with Gasteiger partial charge in [-0.1, -0.05) is 109 Å². The zero-order chi connectivity index (χ0) is 27.9. The molecule has 1 aliphatic carbocycles. The predicted molar refractivity (Wildman–Crippen MR) is 178 cm³/mol. The summed E-state index contributed by atoms with van der Waals surface area (Å²) in [6.45, 7) is 0. The highest BCUT2D eigenvalue weighted by atomic mass is 15.1. The van der Waals surface area contributed by atoms with Crippen molar-refractivity contribution in [3.8, 4) is 33.4 Å². The third-order valence-corrected chi connectivity index (χ3v) is 8.46. The Balaban J connectivity index is 1.14. The lowest BCUT2D eigenvalue weighted by Gasteiger charge is -2.25. The zero-order valence-electron chi connectivity index (χ0n) is 23.2. The predicted octanol–water partition coefficient (Wildman–Crippen LogP) is 11.2. The number of hydrogen-bond donors (Lipinski definition) is 0. The second-order valence-electron chi connectivity index (χ2n) is 11.0. The third kappa shape index (κ3) is 4.36. The SMILES string of the molecule is c1ccc(N(c2ccccc2)c2ccc(-c3ccc4c(c3)-c3cc(-c5ccc6ccccc6c5)ccc3C4)cc2)cc1. The van der Waals surface area contributed by atoms with Gasteiger partial charge >= 0.3 is 0 Å². The summed E-state index contributed by atoms with van der Waals surface area (Å²) in [5, 5.41) is 2.55. The van der Waals surface area contributed by atoms with Gasteiger partial charge in [0.15, 0.2) is 0 Å². The lowest BCUT2D eigenvalue weighted by molar-refractivity contribution is 1.26. The van der Waals surface area contributed by atoms with E-state index in [0.29, 0.717) is 0 Å². The summed E-state index contributed by atoms with van der Waals surface area (Å²) in [7, 11) is 0. The van der Waals surface area contributed by atoms with E-state index in [1.54, 1.807) is 0 Å². The topological polar surface area (TPSA) is 3.24 Å². The van der Waals surface area contributed by atoms with Crippen molar-refractivity contribution in [2.75, 3.05) is 4.90 Å². The Morgan fingerprint density at radius 1 is 0.333 bits per heavy atom. The van der Waals surface area contributed by atoms with Crippen molar-refractivity contribution in [3.05, 3.63) is 175 Å². The molecule has 0 radical (unpaired) electrons. The van der Waals surface area contributed by atoms with Crippen molar-refractivity contribution in [1.29, 1.82) is 0 Å². The number of benzene rings is 7. The minimum Gasteiger partial charge on any atom is -0.311 e. The van der Waals surface area contributed by atoms with Crippen LogP contribution in [0.15, 0.2) is 164 Å². The fourth-order valence-electron chi connectivity index (χ4n) is 6.30. The molecule has 0 unspecified atom stereocenters. The maximum absolute atomic E-state index is 2.38. The molecular formula is C41H29N. The monoisotopic (exact) mass is 535 g/mol. The average molecular weight is 536 g/mol. The number of para-hydroxylation sites is 2. The molecule has 0 saturated heterocycles. The second kappa shape index (κ2) is 10.2. The van der Waals surface area contributed by atoms with Gasteiger partial charge in [-0.05, 0) is 116 Å². The Hall–Kier alpha value is -5.40. The summed E-state index contributed by atoms with van der Waals surface area (Å²) in [6.07, 6.45) is 0.991. The molecule has 0 N–H and O–H groups in total. The molecule has 0 aliphatic heterocycles. The first kappa shape index (κ1) is 24.4. The van der Waals surface area contributed by atoms with Crippen molar-refractivity contribution < 1.29 is 0 Å². The van der Waals surface area contributed by atoms with Crippen LogP contribution in [0.1, 0.15) is 11.1 Å². The molecular weight excluding hydrogens is 506 g/mol. The number of rotatable bonds is 5. The molecule has 0 bridgehead atoms. The van der Waals surface area contributed by atoms with Gasteiger partial charge in [-0.2, -0.15) is 0 Å². The molecule has 0 aromatic heterocycles. The lowest BCUT2D eigenvalue weighted by atomic mass is 9.95. The van der Waals surface area contributed by atoms with E-state index in [9.17, 15) is 0 Å². The first-order chi connectivity index (χ1) is 20.8. The highest BCUT2D eigenvalue weighted by molar-refractivity contribution is 5.90. The highest BCUT2D eigenvalue weighted by Gasteiger charge is 2.20. The van der Waals surface area contributed by atoms with Crippen LogP contribution in [0.25, 0.3) is 44.2 Å². The summed E-state index contributed by atoms with van der Waals surface area (Å²) < 4.78 is 0. The first-order valence-corrected chi connectivity index (χ1v) is 14.6. The third-order valence-electron chi connectivity index (χ3n) is 8.46. The maximum atomic E-state index is 2.38. The lowest BCUT2D eigenvalue weighted by Crippen LogP contribution is -2.09. The first-order valence-electron chi connectivity index (χ1n) is 14.6. The van der Waals surface area contributed by atoms with Gasteiger partial charge in [0.2, 0.25) is 0 Å². The number of anilines is 3. The molecule has 7 aromatic carbocycles. The molecule has 1 heteroatoms. The Kier molecular flexibility index (Phi) is 5.93. The summed E-state index contributed by atoms with van der Waals surface area (Å²) in [4.78, 5) is 2.30. The summed E-state index contributed by atoms with van der Waals surface area (Å²) in [6, 6.07) is 59.4. The van der Waals surface area contributed by atoms with Gasteiger partial charge in [-0.3, -0.25) is 0 Å². The zero-order valence-corrected chi connectivity index (χ0v) is 23.2. The van der Waals surface area contributed by atoms with Gasteiger partial charge in [0.05, 0.1) is 0 Å².